The van der Waals surface area contributed by atoms with E-state index >= 15 is 0 Å². The number of benzene rings is 1. The first-order valence-electron chi connectivity index (χ1n) is 6.42. The summed E-state index contributed by atoms with van der Waals surface area (Å²) in [5.74, 6) is -1.28. The normalized spacial score (nSPS) is 13.4. The van der Waals surface area contributed by atoms with E-state index in [1.807, 2.05) is 13.0 Å². The highest BCUT2D eigenvalue weighted by molar-refractivity contribution is 9.10. The third kappa shape index (κ3) is 5.71. The van der Waals surface area contributed by atoms with E-state index in [1.165, 1.54) is 0 Å². The molecule has 0 aliphatic heterocycles. The Bertz CT molecular complexity index is 477. The molecule has 0 spiro atoms. The fourth-order valence-electron chi connectivity index (χ4n) is 1.75. The summed E-state index contributed by atoms with van der Waals surface area (Å²) in [6, 6.07) is 7.06. The van der Waals surface area contributed by atoms with Crippen LogP contribution in [0.2, 0.25) is 0 Å². The standard InChI is InChI=1S/C14H19BrN2O3/c1-9(7-10(2)18)8-16-13(19)14(20)17-12-6-4-3-5-11(12)15/h3-6,9-10,18H,7-8H2,1-2H3,(H,16,19)(H,17,20). The van der Waals surface area contributed by atoms with Crippen molar-refractivity contribution in [2.45, 2.75) is 26.4 Å². The number of aliphatic hydroxyl groups is 1. The van der Waals surface area contributed by atoms with Crippen molar-refractivity contribution < 1.29 is 14.7 Å². The average molecular weight is 343 g/mol. The Morgan fingerprint density at radius 1 is 1.25 bits per heavy atom. The molecule has 5 nitrogen and oxygen atoms in total. The second-order valence-corrected chi connectivity index (χ2v) is 5.69. The molecule has 2 unspecified atom stereocenters. The van der Waals surface area contributed by atoms with Crippen LogP contribution in [0, 0.1) is 5.92 Å². The average Bonchev–Trinajstić information content (AvgIpc) is 2.37. The van der Waals surface area contributed by atoms with Gasteiger partial charge in [-0.3, -0.25) is 9.59 Å². The molecule has 0 aromatic heterocycles. The fraction of sp³-hybridized carbons (Fsp3) is 0.429. The molecule has 110 valence electrons. The van der Waals surface area contributed by atoms with Gasteiger partial charge in [0.2, 0.25) is 0 Å². The van der Waals surface area contributed by atoms with Crippen molar-refractivity contribution in [3.05, 3.63) is 28.7 Å². The van der Waals surface area contributed by atoms with Gasteiger partial charge in [0.1, 0.15) is 0 Å². The molecule has 0 fully saturated rings. The molecule has 0 saturated carbocycles. The van der Waals surface area contributed by atoms with E-state index in [9.17, 15) is 14.7 Å². The molecule has 1 aromatic carbocycles. The van der Waals surface area contributed by atoms with Crippen LogP contribution in [-0.4, -0.2) is 29.6 Å². The number of anilines is 1. The van der Waals surface area contributed by atoms with E-state index in [-0.39, 0.29) is 5.92 Å². The van der Waals surface area contributed by atoms with Gasteiger partial charge in [-0.05, 0) is 47.3 Å². The molecule has 2 atom stereocenters. The van der Waals surface area contributed by atoms with Gasteiger partial charge in [-0.1, -0.05) is 19.1 Å². The fourth-order valence-corrected chi connectivity index (χ4v) is 2.14. The van der Waals surface area contributed by atoms with Crippen molar-refractivity contribution in [3.8, 4) is 0 Å². The quantitative estimate of drug-likeness (QED) is 0.715. The van der Waals surface area contributed by atoms with Gasteiger partial charge in [-0.15, -0.1) is 0 Å². The molecule has 0 radical (unpaired) electrons. The van der Waals surface area contributed by atoms with Gasteiger partial charge in [-0.2, -0.15) is 0 Å². The first-order valence-corrected chi connectivity index (χ1v) is 7.21. The monoisotopic (exact) mass is 342 g/mol. The number of hydrogen-bond donors (Lipinski definition) is 3. The maximum atomic E-state index is 11.7. The molecule has 0 heterocycles. The zero-order valence-electron chi connectivity index (χ0n) is 11.5. The summed E-state index contributed by atoms with van der Waals surface area (Å²) in [5, 5.41) is 14.3. The van der Waals surface area contributed by atoms with Crippen molar-refractivity contribution in [2.24, 2.45) is 5.92 Å². The first-order chi connectivity index (χ1) is 9.40. The molecule has 6 heteroatoms. The van der Waals surface area contributed by atoms with Crippen LogP contribution in [0.3, 0.4) is 0 Å². The van der Waals surface area contributed by atoms with E-state index in [4.69, 9.17) is 0 Å². The summed E-state index contributed by atoms with van der Waals surface area (Å²) in [6.45, 7) is 3.95. The van der Waals surface area contributed by atoms with Crippen LogP contribution in [-0.2, 0) is 9.59 Å². The zero-order chi connectivity index (χ0) is 15.1. The summed E-state index contributed by atoms with van der Waals surface area (Å²) in [6.07, 6.45) is 0.155. The lowest BCUT2D eigenvalue weighted by atomic mass is 10.0. The smallest absolute Gasteiger partial charge is 0.313 e. The van der Waals surface area contributed by atoms with E-state index in [2.05, 4.69) is 26.6 Å². The molecule has 1 rings (SSSR count). The number of aliphatic hydroxyl groups excluding tert-OH is 1. The number of carbonyl (C=O) groups is 2. The van der Waals surface area contributed by atoms with E-state index in [0.717, 1.165) is 0 Å². The number of nitrogens with one attached hydrogen (secondary N) is 2. The van der Waals surface area contributed by atoms with Crippen LogP contribution in [0.25, 0.3) is 0 Å². The van der Waals surface area contributed by atoms with Crippen LogP contribution in [0.15, 0.2) is 28.7 Å². The van der Waals surface area contributed by atoms with Gasteiger partial charge in [0.05, 0.1) is 11.8 Å². The topological polar surface area (TPSA) is 78.4 Å². The highest BCUT2D eigenvalue weighted by Gasteiger charge is 2.16. The van der Waals surface area contributed by atoms with Gasteiger partial charge >= 0.3 is 11.8 Å². The third-order valence-electron chi connectivity index (χ3n) is 2.68. The maximum Gasteiger partial charge on any atom is 0.313 e. The lowest BCUT2D eigenvalue weighted by Gasteiger charge is -2.14. The van der Waals surface area contributed by atoms with Gasteiger partial charge in [0.15, 0.2) is 0 Å². The minimum absolute atomic E-state index is 0.107. The lowest BCUT2D eigenvalue weighted by molar-refractivity contribution is -0.136. The van der Waals surface area contributed by atoms with E-state index in [1.54, 1.807) is 25.1 Å². The van der Waals surface area contributed by atoms with Crippen LogP contribution >= 0.6 is 15.9 Å². The predicted octanol–water partition coefficient (Wildman–Crippen LogP) is 1.91. The van der Waals surface area contributed by atoms with Crippen LogP contribution < -0.4 is 10.6 Å². The minimum Gasteiger partial charge on any atom is -0.393 e. The summed E-state index contributed by atoms with van der Waals surface area (Å²) < 4.78 is 0.712. The van der Waals surface area contributed by atoms with Crippen molar-refractivity contribution in [1.82, 2.24) is 5.32 Å². The Hall–Kier alpha value is -1.40. The summed E-state index contributed by atoms with van der Waals surface area (Å²) >= 11 is 3.29. The Morgan fingerprint density at radius 2 is 1.90 bits per heavy atom. The van der Waals surface area contributed by atoms with Crippen LogP contribution in [0.5, 0.6) is 0 Å². The molecular formula is C14H19BrN2O3. The maximum absolute atomic E-state index is 11.7. The zero-order valence-corrected chi connectivity index (χ0v) is 13.1. The minimum atomic E-state index is -0.707. The molecule has 2 amide bonds. The number of carbonyl (C=O) groups excluding carboxylic acids is 2. The van der Waals surface area contributed by atoms with Crippen LogP contribution in [0.1, 0.15) is 20.3 Å². The Kier molecular flexibility index (Phi) is 6.67. The van der Waals surface area contributed by atoms with Gasteiger partial charge in [0, 0.05) is 11.0 Å². The largest absolute Gasteiger partial charge is 0.393 e. The molecule has 0 saturated heterocycles. The second-order valence-electron chi connectivity index (χ2n) is 4.83. The van der Waals surface area contributed by atoms with Crippen molar-refractivity contribution in [1.29, 1.82) is 0 Å². The van der Waals surface area contributed by atoms with Gasteiger partial charge < -0.3 is 15.7 Å². The summed E-state index contributed by atoms with van der Waals surface area (Å²) in [7, 11) is 0. The van der Waals surface area contributed by atoms with Gasteiger partial charge in [0.25, 0.3) is 0 Å². The predicted molar refractivity (Wildman–Crippen MR) is 81.2 cm³/mol. The molecule has 1 aromatic rings. The molecule has 20 heavy (non-hydrogen) atoms. The van der Waals surface area contributed by atoms with Crippen molar-refractivity contribution >= 4 is 33.4 Å². The first kappa shape index (κ1) is 16.7. The Labute approximate surface area is 126 Å². The van der Waals surface area contributed by atoms with Crippen molar-refractivity contribution in [3.63, 3.8) is 0 Å². The number of para-hydroxylation sites is 1. The number of halogens is 1. The second kappa shape index (κ2) is 8.01. The van der Waals surface area contributed by atoms with Crippen LogP contribution in [0.4, 0.5) is 5.69 Å². The lowest BCUT2D eigenvalue weighted by Crippen LogP contribution is -2.38. The summed E-state index contributed by atoms with van der Waals surface area (Å²) in [5.41, 5.74) is 0.546. The van der Waals surface area contributed by atoms with Gasteiger partial charge in [-0.25, -0.2) is 0 Å². The highest BCUT2D eigenvalue weighted by Crippen LogP contribution is 2.20. The van der Waals surface area contributed by atoms with Crippen molar-refractivity contribution in [2.75, 3.05) is 11.9 Å². The number of rotatable bonds is 5. The Balaban J connectivity index is 2.44. The number of amides is 2. The summed E-state index contributed by atoms with van der Waals surface area (Å²) in [4.78, 5) is 23.4. The van der Waals surface area contributed by atoms with E-state index in [0.29, 0.717) is 23.1 Å². The SMILES string of the molecule is CC(O)CC(C)CNC(=O)C(=O)Nc1ccccc1Br. The molecule has 0 bridgehead atoms. The molecular weight excluding hydrogens is 324 g/mol. The molecule has 0 aliphatic carbocycles. The molecule has 0 aliphatic rings. The number of hydrogen-bond acceptors (Lipinski definition) is 3. The molecule has 3 N–H and O–H groups in total. The van der Waals surface area contributed by atoms with E-state index < -0.39 is 17.9 Å². The Morgan fingerprint density at radius 3 is 2.50 bits per heavy atom. The highest BCUT2D eigenvalue weighted by atomic mass is 79.9. The third-order valence-corrected chi connectivity index (χ3v) is 3.37.